The number of carbonyl (C=O) groups is 5. The van der Waals surface area contributed by atoms with Crippen molar-refractivity contribution in [2.24, 2.45) is 11.7 Å². The smallest absolute Gasteiger partial charge is 0.327 e. The predicted molar refractivity (Wildman–Crippen MR) is 120 cm³/mol. The molecule has 0 fully saturated rings. The van der Waals surface area contributed by atoms with Gasteiger partial charge in [0.25, 0.3) is 0 Å². The summed E-state index contributed by atoms with van der Waals surface area (Å²) in [5.41, 5.74) is 5.55. The second-order valence-corrected chi connectivity index (χ2v) is 8.67. The van der Waals surface area contributed by atoms with Gasteiger partial charge in [-0.25, -0.2) is 4.79 Å². The molecule has 31 heavy (non-hydrogen) atoms. The first-order valence-corrected chi connectivity index (χ1v) is 11.7. The second-order valence-electron chi connectivity index (χ2n) is 7.32. The summed E-state index contributed by atoms with van der Waals surface area (Å²) in [5.74, 6) is -4.25. The van der Waals surface area contributed by atoms with Gasteiger partial charge in [-0.2, -0.15) is 24.4 Å². The number of hydrogen-bond donors (Lipinski definition) is 7. The van der Waals surface area contributed by atoms with Crippen LogP contribution in [0.3, 0.4) is 0 Å². The van der Waals surface area contributed by atoms with Gasteiger partial charge in [0, 0.05) is 5.75 Å². The van der Waals surface area contributed by atoms with Gasteiger partial charge >= 0.3 is 11.9 Å². The Morgan fingerprint density at radius 1 is 0.935 bits per heavy atom. The summed E-state index contributed by atoms with van der Waals surface area (Å²) in [6.07, 6.45) is 1.67. The quantitative estimate of drug-likeness (QED) is 0.145. The molecule has 3 amide bonds. The lowest BCUT2D eigenvalue weighted by Crippen LogP contribution is -2.57. The molecular weight excluding hydrogens is 448 g/mol. The fraction of sp³-hybridized carbons (Fsp3) is 0.722. The summed E-state index contributed by atoms with van der Waals surface area (Å²) in [5, 5.41) is 25.2. The fourth-order valence-corrected chi connectivity index (χ4v) is 3.22. The molecule has 0 aromatic carbocycles. The van der Waals surface area contributed by atoms with E-state index in [0.29, 0.717) is 5.75 Å². The lowest BCUT2D eigenvalue weighted by molar-refractivity contribution is -0.141. The Labute approximate surface area is 191 Å². The lowest BCUT2D eigenvalue weighted by Gasteiger charge is -2.25. The molecule has 7 N–H and O–H groups in total. The highest BCUT2D eigenvalue weighted by Crippen LogP contribution is 2.08. The van der Waals surface area contributed by atoms with Crippen molar-refractivity contribution in [3.63, 3.8) is 0 Å². The summed E-state index contributed by atoms with van der Waals surface area (Å²) in [4.78, 5) is 59.5. The average Bonchev–Trinajstić information content (AvgIpc) is 2.66. The van der Waals surface area contributed by atoms with Crippen molar-refractivity contribution in [1.29, 1.82) is 0 Å². The van der Waals surface area contributed by atoms with E-state index >= 15 is 0 Å². The molecule has 0 aliphatic heterocycles. The highest BCUT2D eigenvalue weighted by atomic mass is 32.2. The van der Waals surface area contributed by atoms with E-state index in [1.807, 2.05) is 20.1 Å². The molecule has 0 spiro atoms. The van der Waals surface area contributed by atoms with E-state index in [0.717, 1.165) is 0 Å². The number of nitrogens with two attached hydrogens (primary N) is 1. The number of carbonyl (C=O) groups excluding carboxylic acids is 3. The van der Waals surface area contributed by atoms with E-state index in [2.05, 4.69) is 28.6 Å². The van der Waals surface area contributed by atoms with Gasteiger partial charge in [-0.05, 0) is 30.8 Å². The Balaban J connectivity index is 5.37. The number of nitrogens with one attached hydrogen (secondary N) is 3. The summed E-state index contributed by atoms with van der Waals surface area (Å²) in [6.45, 7) is 3.66. The molecule has 0 rings (SSSR count). The van der Waals surface area contributed by atoms with Gasteiger partial charge in [0.05, 0.1) is 12.5 Å². The van der Waals surface area contributed by atoms with Crippen molar-refractivity contribution in [2.45, 2.75) is 57.3 Å². The molecule has 0 aliphatic rings. The zero-order chi connectivity index (χ0) is 24.1. The van der Waals surface area contributed by atoms with Crippen molar-refractivity contribution in [1.82, 2.24) is 16.0 Å². The third kappa shape index (κ3) is 11.8. The summed E-state index contributed by atoms with van der Waals surface area (Å²) < 4.78 is 0. The fourth-order valence-electron chi connectivity index (χ4n) is 2.50. The van der Waals surface area contributed by atoms with Crippen LogP contribution in [0.25, 0.3) is 0 Å². The average molecular weight is 481 g/mol. The van der Waals surface area contributed by atoms with Crippen LogP contribution < -0.4 is 21.7 Å². The van der Waals surface area contributed by atoms with Crippen molar-refractivity contribution in [2.75, 3.05) is 17.8 Å². The van der Waals surface area contributed by atoms with Gasteiger partial charge in [-0.15, -0.1) is 0 Å². The molecule has 11 nitrogen and oxygen atoms in total. The monoisotopic (exact) mass is 480 g/mol. The molecule has 13 heteroatoms. The summed E-state index contributed by atoms with van der Waals surface area (Å²) in [7, 11) is 0. The molecular formula is C18H32N4O7S2. The van der Waals surface area contributed by atoms with Crippen LogP contribution in [-0.2, 0) is 24.0 Å². The van der Waals surface area contributed by atoms with Crippen LogP contribution in [0.4, 0.5) is 0 Å². The minimum Gasteiger partial charge on any atom is -0.481 e. The molecule has 0 aromatic heterocycles. The standard InChI is InChI=1S/C18H32N4O7S2/c1-9(2)6-12(17(27)22-13(8-30)18(28)29)21-16(26)11(4-5-31-3)20-15(25)10(19)7-14(23)24/h9-13,30H,4-8,19H2,1-3H3,(H,20,25)(H,21,26)(H,22,27)(H,23,24)(H,28,29). The van der Waals surface area contributed by atoms with Crippen LogP contribution in [0, 0.1) is 5.92 Å². The predicted octanol–water partition coefficient (Wildman–Crippen LogP) is -0.944. The van der Waals surface area contributed by atoms with Crippen LogP contribution in [0.5, 0.6) is 0 Å². The summed E-state index contributed by atoms with van der Waals surface area (Å²) >= 11 is 5.34. The van der Waals surface area contributed by atoms with Crippen molar-refractivity contribution < 1.29 is 34.2 Å². The highest BCUT2D eigenvalue weighted by Gasteiger charge is 2.30. The Morgan fingerprint density at radius 3 is 1.90 bits per heavy atom. The maximum atomic E-state index is 12.8. The molecule has 0 aliphatic carbocycles. The van der Waals surface area contributed by atoms with E-state index < -0.39 is 60.2 Å². The van der Waals surface area contributed by atoms with E-state index in [9.17, 15) is 24.0 Å². The van der Waals surface area contributed by atoms with E-state index in [-0.39, 0.29) is 24.5 Å². The van der Waals surface area contributed by atoms with Gasteiger partial charge < -0.3 is 31.9 Å². The Bertz CT molecular complexity index is 648. The second kappa shape index (κ2) is 14.9. The lowest BCUT2D eigenvalue weighted by atomic mass is 10.0. The number of rotatable bonds is 15. The van der Waals surface area contributed by atoms with Gasteiger partial charge in [0.1, 0.15) is 18.1 Å². The number of amides is 3. The number of aliphatic carboxylic acids is 2. The van der Waals surface area contributed by atoms with Gasteiger partial charge in [-0.1, -0.05) is 13.8 Å². The van der Waals surface area contributed by atoms with Gasteiger partial charge in [0.2, 0.25) is 17.7 Å². The topological polar surface area (TPSA) is 188 Å². The highest BCUT2D eigenvalue weighted by molar-refractivity contribution is 7.98. The third-order valence-corrected chi connectivity index (χ3v) is 5.12. The van der Waals surface area contributed by atoms with Crippen molar-refractivity contribution >= 4 is 54.1 Å². The maximum Gasteiger partial charge on any atom is 0.327 e. The minimum absolute atomic E-state index is 0.00134. The van der Waals surface area contributed by atoms with Crippen LogP contribution in [0.15, 0.2) is 0 Å². The number of carboxylic acids is 2. The largest absolute Gasteiger partial charge is 0.481 e. The maximum absolute atomic E-state index is 12.8. The molecule has 0 saturated heterocycles. The molecule has 0 aromatic rings. The molecule has 4 unspecified atom stereocenters. The third-order valence-electron chi connectivity index (χ3n) is 4.11. The van der Waals surface area contributed by atoms with Crippen LogP contribution in [-0.4, -0.2) is 81.8 Å². The molecule has 0 bridgehead atoms. The summed E-state index contributed by atoms with van der Waals surface area (Å²) in [6, 6.07) is -4.62. The van der Waals surface area contributed by atoms with E-state index in [1.54, 1.807) is 0 Å². The van der Waals surface area contributed by atoms with Gasteiger partial charge in [0.15, 0.2) is 0 Å². The SMILES string of the molecule is CSCCC(NC(=O)C(N)CC(=O)O)C(=O)NC(CC(C)C)C(=O)NC(CS)C(=O)O. The van der Waals surface area contributed by atoms with Crippen molar-refractivity contribution in [3.05, 3.63) is 0 Å². The number of carboxylic acid groups (broad SMARTS) is 2. The minimum atomic E-state index is -1.33. The zero-order valence-corrected chi connectivity index (χ0v) is 19.5. The zero-order valence-electron chi connectivity index (χ0n) is 17.8. The first-order valence-electron chi connectivity index (χ1n) is 9.63. The molecule has 0 radical (unpaired) electrons. The number of hydrogen-bond acceptors (Lipinski definition) is 8. The Hall–Kier alpha value is -1.99. The van der Waals surface area contributed by atoms with Gasteiger partial charge in [-0.3, -0.25) is 19.2 Å². The van der Waals surface area contributed by atoms with Crippen LogP contribution >= 0.6 is 24.4 Å². The van der Waals surface area contributed by atoms with Crippen molar-refractivity contribution in [3.8, 4) is 0 Å². The van der Waals surface area contributed by atoms with E-state index in [1.165, 1.54) is 11.8 Å². The van der Waals surface area contributed by atoms with Crippen LogP contribution in [0.2, 0.25) is 0 Å². The Morgan fingerprint density at radius 2 is 1.45 bits per heavy atom. The molecule has 0 saturated carbocycles. The first-order chi connectivity index (χ1) is 14.4. The Kier molecular flexibility index (Phi) is 14.0. The molecule has 178 valence electrons. The number of thiol groups is 1. The molecule has 0 heterocycles. The van der Waals surface area contributed by atoms with Crippen LogP contribution in [0.1, 0.15) is 33.1 Å². The molecule has 4 atom stereocenters. The first kappa shape index (κ1) is 29.0. The number of thioether (sulfide) groups is 1. The normalized spacial score (nSPS) is 14.8. The van der Waals surface area contributed by atoms with E-state index in [4.69, 9.17) is 15.9 Å².